The summed E-state index contributed by atoms with van der Waals surface area (Å²) in [5.41, 5.74) is 1.99. The van der Waals surface area contributed by atoms with Gasteiger partial charge in [0.1, 0.15) is 0 Å². The fraction of sp³-hybridized carbons (Fsp3) is 0.278. The number of carbonyl (C=O) groups is 1. The number of carbonyl (C=O) groups excluding carboxylic acids is 1. The second-order valence-corrected chi connectivity index (χ2v) is 10.2. The first-order valence-corrected chi connectivity index (χ1v) is 11.9. The highest BCUT2D eigenvalue weighted by Crippen LogP contribution is 2.34. The zero-order valence-corrected chi connectivity index (χ0v) is 17.3. The molecular formula is C18H21N3O5S2. The van der Waals surface area contributed by atoms with Gasteiger partial charge in [0, 0.05) is 18.7 Å². The molecule has 150 valence electrons. The van der Waals surface area contributed by atoms with E-state index in [-0.39, 0.29) is 28.2 Å². The average molecular weight is 424 g/mol. The van der Waals surface area contributed by atoms with Gasteiger partial charge in [-0.15, -0.1) is 0 Å². The molecule has 0 radical (unpaired) electrons. The Balaban J connectivity index is 1.88. The Morgan fingerprint density at radius 3 is 2.29 bits per heavy atom. The predicted molar refractivity (Wildman–Crippen MR) is 108 cm³/mol. The summed E-state index contributed by atoms with van der Waals surface area (Å²) in [6.45, 7) is 3.39. The largest absolute Gasteiger partial charge is 0.309 e. The molecule has 0 aliphatic carbocycles. The summed E-state index contributed by atoms with van der Waals surface area (Å²) in [4.78, 5) is 13.5. The van der Waals surface area contributed by atoms with E-state index in [4.69, 9.17) is 0 Å². The summed E-state index contributed by atoms with van der Waals surface area (Å²) in [6.07, 6.45) is 1.59. The number of hydrogen-bond acceptors (Lipinski definition) is 5. The van der Waals surface area contributed by atoms with Crippen molar-refractivity contribution in [3.8, 4) is 0 Å². The minimum atomic E-state index is -3.88. The Kier molecular flexibility index (Phi) is 5.11. The van der Waals surface area contributed by atoms with Crippen LogP contribution >= 0.6 is 0 Å². The van der Waals surface area contributed by atoms with E-state index in [2.05, 4.69) is 9.44 Å². The monoisotopic (exact) mass is 423 g/mol. The Hall–Kier alpha value is -2.59. The quantitative estimate of drug-likeness (QED) is 0.765. The zero-order chi connectivity index (χ0) is 20.7. The summed E-state index contributed by atoms with van der Waals surface area (Å²) >= 11 is 0. The molecule has 0 saturated heterocycles. The summed E-state index contributed by atoms with van der Waals surface area (Å²) in [5.74, 6) is -0.0878. The lowest BCUT2D eigenvalue weighted by atomic mass is 10.1. The number of nitrogens with zero attached hydrogens (tertiary/aromatic N) is 1. The molecular weight excluding hydrogens is 402 g/mol. The van der Waals surface area contributed by atoms with E-state index < -0.39 is 20.0 Å². The molecule has 0 bridgehead atoms. The molecule has 1 aliphatic rings. The van der Waals surface area contributed by atoms with Crippen LogP contribution in [0.25, 0.3) is 0 Å². The number of benzene rings is 2. The number of anilines is 3. The molecule has 2 aromatic rings. The van der Waals surface area contributed by atoms with Crippen LogP contribution in [-0.4, -0.2) is 35.0 Å². The van der Waals surface area contributed by atoms with Gasteiger partial charge >= 0.3 is 0 Å². The first kappa shape index (κ1) is 20.2. The first-order valence-electron chi connectivity index (χ1n) is 8.50. The lowest BCUT2D eigenvalue weighted by molar-refractivity contribution is -0.116. The van der Waals surface area contributed by atoms with Crippen molar-refractivity contribution in [1.29, 1.82) is 0 Å². The normalized spacial score (nSPS) is 16.5. The highest BCUT2D eigenvalue weighted by molar-refractivity contribution is 7.92. The van der Waals surface area contributed by atoms with Crippen molar-refractivity contribution in [3.05, 3.63) is 48.0 Å². The van der Waals surface area contributed by atoms with Crippen molar-refractivity contribution in [1.82, 2.24) is 0 Å². The Morgan fingerprint density at radius 2 is 1.68 bits per heavy atom. The Bertz CT molecular complexity index is 1140. The second-order valence-electron chi connectivity index (χ2n) is 6.79. The lowest BCUT2D eigenvalue weighted by Crippen LogP contribution is -2.33. The van der Waals surface area contributed by atoms with Crippen LogP contribution in [0.1, 0.15) is 19.4 Å². The maximum atomic E-state index is 12.8. The maximum Gasteiger partial charge on any atom is 0.261 e. The number of amides is 1. The van der Waals surface area contributed by atoms with E-state index in [1.165, 1.54) is 31.2 Å². The van der Waals surface area contributed by atoms with Crippen molar-refractivity contribution in [2.24, 2.45) is 0 Å². The van der Waals surface area contributed by atoms with Gasteiger partial charge in [-0.1, -0.05) is 6.07 Å². The molecule has 1 amide bonds. The van der Waals surface area contributed by atoms with Crippen LogP contribution in [0.3, 0.4) is 0 Å². The molecule has 1 atom stereocenters. The molecule has 1 aliphatic heterocycles. The molecule has 8 nitrogen and oxygen atoms in total. The van der Waals surface area contributed by atoms with Gasteiger partial charge in [-0.2, -0.15) is 0 Å². The van der Waals surface area contributed by atoms with Crippen molar-refractivity contribution >= 4 is 43.0 Å². The number of fused-ring (bicyclic) bond motifs is 1. The molecule has 0 fully saturated rings. The minimum Gasteiger partial charge on any atom is -0.309 e. The molecule has 1 unspecified atom stereocenters. The average Bonchev–Trinajstić information content (AvgIpc) is 2.88. The topological polar surface area (TPSA) is 113 Å². The van der Waals surface area contributed by atoms with Crippen LogP contribution in [0.15, 0.2) is 47.4 Å². The van der Waals surface area contributed by atoms with Gasteiger partial charge in [0.15, 0.2) is 0 Å². The zero-order valence-electron chi connectivity index (χ0n) is 15.6. The number of rotatable bonds is 5. The van der Waals surface area contributed by atoms with Gasteiger partial charge in [0.25, 0.3) is 10.0 Å². The highest BCUT2D eigenvalue weighted by atomic mass is 32.2. The molecule has 1 heterocycles. The van der Waals surface area contributed by atoms with E-state index in [1.54, 1.807) is 23.1 Å². The second kappa shape index (κ2) is 7.10. The molecule has 0 aromatic heterocycles. The summed E-state index contributed by atoms with van der Waals surface area (Å²) in [7, 11) is -7.35. The van der Waals surface area contributed by atoms with Crippen molar-refractivity contribution in [3.63, 3.8) is 0 Å². The third kappa shape index (κ3) is 4.28. The van der Waals surface area contributed by atoms with Gasteiger partial charge in [0.2, 0.25) is 15.9 Å². The molecule has 3 rings (SSSR count). The van der Waals surface area contributed by atoms with Crippen LogP contribution in [0.5, 0.6) is 0 Å². The third-order valence-corrected chi connectivity index (χ3v) is 6.32. The van der Waals surface area contributed by atoms with Gasteiger partial charge in [-0.25, -0.2) is 16.8 Å². The van der Waals surface area contributed by atoms with E-state index in [1.807, 2.05) is 6.92 Å². The van der Waals surface area contributed by atoms with Crippen LogP contribution in [0.4, 0.5) is 17.1 Å². The van der Waals surface area contributed by atoms with E-state index in [0.29, 0.717) is 6.42 Å². The summed E-state index contributed by atoms with van der Waals surface area (Å²) < 4.78 is 53.0. The minimum absolute atomic E-state index is 0.0304. The van der Waals surface area contributed by atoms with Crippen molar-refractivity contribution < 1.29 is 21.6 Å². The van der Waals surface area contributed by atoms with Crippen molar-refractivity contribution in [2.75, 3.05) is 20.6 Å². The predicted octanol–water partition coefficient (Wildman–Crippen LogP) is 2.16. The van der Waals surface area contributed by atoms with Crippen LogP contribution < -0.4 is 14.3 Å². The number of nitrogens with one attached hydrogen (secondary N) is 2. The summed E-state index contributed by atoms with van der Waals surface area (Å²) in [5, 5.41) is 0. The number of sulfonamides is 2. The highest BCUT2D eigenvalue weighted by Gasteiger charge is 2.30. The Morgan fingerprint density at radius 1 is 1.04 bits per heavy atom. The van der Waals surface area contributed by atoms with E-state index in [9.17, 15) is 21.6 Å². The molecule has 0 saturated carbocycles. The van der Waals surface area contributed by atoms with E-state index >= 15 is 0 Å². The fourth-order valence-electron chi connectivity index (χ4n) is 3.33. The smallest absolute Gasteiger partial charge is 0.261 e. The van der Waals surface area contributed by atoms with E-state index in [0.717, 1.165) is 17.5 Å². The standard InChI is InChI=1S/C18H21N3O5S2/c1-12-9-14-10-17(7-8-18(14)21(12)13(2)22)28(25,26)20-16-6-4-5-15(11-16)19-27(3,23)24/h4-8,10-12,19-20H,9H2,1-3H3. The molecule has 28 heavy (non-hydrogen) atoms. The van der Waals surface area contributed by atoms with Gasteiger partial charge in [-0.3, -0.25) is 14.2 Å². The summed E-state index contributed by atoms with van der Waals surface area (Å²) in [6, 6.07) is 10.6. The van der Waals surface area contributed by atoms with Crippen molar-refractivity contribution in [2.45, 2.75) is 31.2 Å². The van der Waals surface area contributed by atoms with Gasteiger partial charge < -0.3 is 4.90 Å². The number of hydrogen-bond donors (Lipinski definition) is 2. The molecule has 2 aromatic carbocycles. The fourth-order valence-corrected chi connectivity index (χ4v) is 4.98. The molecule has 0 spiro atoms. The van der Waals surface area contributed by atoms with Crippen LogP contribution in [0.2, 0.25) is 0 Å². The lowest BCUT2D eigenvalue weighted by Gasteiger charge is -2.20. The van der Waals surface area contributed by atoms with Gasteiger partial charge in [-0.05, 0) is 55.3 Å². The molecule has 2 N–H and O–H groups in total. The third-order valence-electron chi connectivity index (χ3n) is 4.33. The Labute approximate surface area is 164 Å². The van der Waals surface area contributed by atoms with Crippen LogP contribution in [0, 0.1) is 0 Å². The SMILES string of the molecule is CC(=O)N1c2ccc(S(=O)(=O)Nc3cccc(NS(C)(=O)=O)c3)cc2CC1C. The van der Waals surface area contributed by atoms with Gasteiger partial charge in [0.05, 0.1) is 22.5 Å². The first-order chi connectivity index (χ1) is 13.0. The maximum absolute atomic E-state index is 12.8. The van der Waals surface area contributed by atoms with Crippen LogP contribution in [-0.2, 0) is 31.3 Å². The molecule has 10 heteroatoms.